The Morgan fingerprint density at radius 1 is 0.435 bits per heavy atom. The summed E-state index contributed by atoms with van der Waals surface area (Å²) in [4.78, 5) is 15.4. The van der Waals surface area contributed by atoms with E-state index in [9.17, 15) is 0 Å². The lowest BCUT2D eigenvalue weighted by molar-refractivity contribution is 0.332. The highest BCUT2D eigenvalue weighted by atomic mass is 16.3. The van der Waals surface area contributed by atoms with Gasteiger partial charge in [0.1, 0.15) is 11.2 Å². The van der Waals surface area contributed by atoms with E-state index >= 15 is 0 Å². The second kappa shape index (κ2) is 13.6. The van der Waals surface area contributed by atoms with Crippen LogP contribution in [0.4, 0.5) is 0 Å². The number of para-hydroxylation sites is 1. The molecule has 0 saturated carbocycles. The smallest absolute Gasteiger partial charge is 0.164 e. The molecule has 0 N–H and O–H groups in total. The van der Waals surface area contributed by atoms with E-state index in [1.807, 2.05) is 36.4 Å². The molecule has 12 rings (SSSR count). The molecule has 3 aromatic heterocycles. The molecule has 0 spiro atoms. The van der Waals surface area contributed by atoms with Gasteiger partial charge in [0.2, 0.25) is 0 Å². The van der Waals surface area contributed by atoms with Crippen LogP contribution in [0.15, 0.2) is 174 Å². The Balaban J connectivity index is 1.01. The summed E-state index contributed by atoms with van der Waals surface area (Å²) >= 11 is 0. The molecule has 3 heterocycles. The number of rotatable bonds is 5. The molecule has 5 nitrogen and oxygen atoms in total. The van der Waals surface area contributed by atoms with Crippen LogP contribution in [-0.2, 0) is 10.8 Å². The molecule has 5 heteroatoms. The molecule has 0 aliphatic heterocycles. The van der Waals surface area contributed by atoms with Crippen LogP contribution in [0.2, 0.25) is 0 Å². The van der Waals surface area contributed by atoms with Gasteiger partial charge in [0, 0.05) is 43.9 Å². The molecular weight excluding hydrogens is 757 g/mol. The van der Waals surface area contributed by atoms with E-state index in [2.05, 4.69) is 166 Å². The van der Waals surface area contributed by atoms with Crippen molar-refractivity contribution in [2.24, 2.45) is 0 Å². The van der Waals surface area contributed by atoms with Crippen LogP contribution in [0.3, 0.4) is 0 Å². The first-order valence-electron chi connectivity index (χ1n) is 21.6. The average Bonchev–Trinajstić information content (AvgIpc) is 3.86. The fourth-order valence-corrected chi connectivity index (χ4v) is 10.1. The Morgan fingerprint density at radius 2 is 1.03 bits per heavy atom. The van der Waals surface area contributed by atoms with Gasteiger partial charge < -0.3 is 8.98 Å². The lowest BCUT2D eigenvalue weighted by Gasteiger charge is -2.42. The summed E-state index contributed by atoms with van der Waals surface area (Å²) in [7, 11) is 0. The largest absolute Gasteiger partial charge is 0.456 e. The molecule has 0 atom stereocenters. The SMILES string of the molecule is CC1(C)CCC(C)(C)c2cc3c(cc21)c1c2ccccc2ccc1n3-c1ccc(-c2nc(-c3ccccc3)nc(-c3cccc(-c4cccc5oc6ccccc6c45)c3)n2)cc1. The maximum atomic E-state index is 6.25. The van der Waals surface area contributed by atoms with Crippen molar-refractivity contribution in [3.63, 3.8) is 0 Å². The molecule has 0 radical (unpaired) electrons. The van der Waals surface area contributed by atoms with Gasteiger partial charge in [-0.25, -0.2) is 15.0 Å². The van der Waals surface area contributed by atoms with Crippen molar-refractivity contribution in [2.45, 2.75) is 51.4 Å². The molecule has 1 aliphatic rings. The summed E-state index contributed by atoms with van der Waals surface area (Å²) in [5, 5.41) is 7.35. The predicted octanol–water partition coefficient (Wildman–Crippen LogP) is 15.0. The van der Waals surface area contributed by atoms with Crippen molar-refractivity contribution in [3.05, 3.63) is 181 Å². The Hall–Kier alpha value is -7.37. The van der Waals surface area contributed by atoms with E-state index in [1.54, 1.807) is 0 Å². The van der Waals surface area contributed by atoms with Gasteiger partial charge in [-0.3, -0.25) is 0 Å². The topological polar surface area (TPSA) is 56.7 Å². The van der Waals surface area contributed by atoms with Crippen LogP contribution in [-0.4, -0.2) is 19.5 Å². The first-order chi connectivity index (χ1) is 30.2. The van der Waals surface area contributed by atoms with Crippen molar-refractivity contribution in [1.29, 1.82) is 0 Å². The molecule has 0 bridgehead atoms. The zero-order valence-electron chi connectivity index (χ0n) is 35.3. The van der Waals surface area contributed by atoms with E-state index < -0.39 is 0 Å². The average molecular weight is 801 g/mol. The minimum Gasteiger partial charge on any atom is -0.456 e. The molecule has 1 aliphatic carbocycles. The first-order valence-corrected chi connectivity index (χ1v) is 21.6. The van der Waals surface area contributed by atoms with Crippen molar-refractivity contribution >= 4 is 54.5 Å². The van der Waals surface area contributed by atoms with Crippen LogP contribution < -0.4 is 0 Å². The van der Waals surface area contributed by atoms with Crippen LogP contribution >= 0.6 is 0 Å². The fourth-order valence-electron chi connectivity index (χ4n) is 10.1. The van der Waals surface area contributed by atoms with E-state index in [0.29, 0.717) is 17.5 Å². The first kappa shape index (κ1) is 36.5. The van der Waals surface area contributed by atoms with Crippen molar-refractivity contribution in [3.8, 4) is 51.0 Å². The van der Waals surface area contributed by atoms with E-state index in [0.717, 1.165) is 61.9 Å². The highest BCUT2D eigenvalue weighted by molar-refractivity contribution is 6.21. The molecule has 0 saturated heterocycles. The third-order valence-electron chi connectivity index (χ3n) is 13.5. The van der Waals surface area contributed by atoms with Crippen LogP contribution in [0.25, 0.3) is 105 Å². The lowest BCUT2D eigenvalue weighted by atomic mass is 9.63. The normalized spacial score (nSPS) is 14.6. The van der Waals surface area contributed by atoms with Crippen molar-refractivity contribution in [2.75, 3.05) is 0 Å². The summed E-state index contributed by atoms with van der Waals surface area (Å²) in [6.45, 7) is 9.65. The molecule has 0 fully saturated rings. The van der Waals surface area contributed by atoms with Crippen molar-refractivity contribution in [1.82, 2.24) is 19.5 Å². The summed E-state index contributed by atoms with van der Waals surface area (Å²) in [6.07, 6.45) is 2.34. The van der Waals surface area contributed by atoms with Gasteiger partial charge in [0.15, 0.2) is 17.5 Å². The van der Waals surface area contributed by atoms with Crippen LogP contribution in [0.1, 0.15) is 51.7 Å². The van der Waals surface area contributed by atoms with Gasteiger partial charge in [-0.05, 0) is 117 Å². The summed E-state index contributed by atoms with van der Waals surface area (Å²) < 4.78 is 8.71. The Morgan fingerprint density at radius 3 is 1.81 bits per heavy atom. The van der Waals surface area contributed by atoms with Crippen molar-refractivity contribution < 1.29 is 4.42 Å². The third kappa shape index (κ3) is 5.72. The summed E-state index contributed by atoms with van der Waals surface area (Å²) in [5.41, 5.74) is 13.4. The highest BCUT2D eigenvalue weighted by Crippen LogP contribution is 2.49. The van der Waals surface area contributed by atoms with Gasteiger partial charge in [-0.1, -0.05) is 137 Å². The molecule has 8 aromatic carbocycles. The van der Waals surface area contributed by atoms with Gasteiger partial charge >= 0.3 is 0 Å². The van der Waals surface area contributed by atoms with Crippen LogP contribution in [0, 0.1) is 0 Å². The van der Waals surface area contributed by atoms with Gasteiger partial charge in [-0.15, -0.1) is 0 Å². The van der Waals surface area contributed by atoms with Gasteiger partial charge in [0.05, 0.1) is 11.0 Å². The molecule has 0 unspecified atom stereocenters. The van der Waals surface area contributed by atoms with Gasteiger partial charge in [-0.2, -0.15) is 0 Å². The van der Waals surface area contributed by atoms with E-state index in [1.165, 1.54) is 50.1 Å². The summed E-state index contributed by atoms with van der Waals surface area (Å²) in [6, 6.07) is 60.3. The number of furan rings is 1. The monoisotopic (exact) mass is 800 g/mol. The summed E-state index contributed by atoms with van der Waals surface area (Å²) in [5.74, 6) is 1.88. The maximum Gasteiger partial charge on any atom is 0.164 e. The van der Waals surface area contributed by atoms with E-state index in [4.69, 9.17) is 19.4 Å². The number of hydrogen-bond acceptors (Lipinski definition) is 4. The highest BCUT2D eigenvalue weighted by Gasteiger charge is 2.38. The second-order valence-corrected chi connectivity index (χ2v) is 18.3. The Bertz CT molecular complexity index is 3570. The molecule has 62 heavy (non-hydrogen) atoms. The maximum absolute atomic E-state index is 6.25. The molecule has 298 valence electrons. The number of benzene rings is 8. The third-order valence-corrected chi connectivity index (χ3v) is 13.5. The zero-order valence-corrected chi connectivity index (χ0v) is 35.3. The molecule has 0 amide bonds. The number of aromatic nitrogens is 4. The minimum atomic E-state index is 0.0829. The second-order valence-electron chi connectivity index (χ2n) is 18.3. The fraction of sp³-hybridized carbons (Fsp3) is 0.140. The quantitative estimate of drug-likeness (QED) is 0.174. The minimum absolute atomic E-state index is 0.0829. The lowest BCUT2D eigenvalue weighted by Crippen LogP contribution is -2.33. The predicted molar refractivity (Wildman–Crippen MR) is 256 cm³/mol. The van der Waals surface area contributed by atoms with Gasteiger partial charge in [0.25, 0.3) is 0 Å². The standard InChI is InChI=1S/C57H44N4O/c1-56(2)30-31-57(3,4)46-34-48-44(33-45(46)56)51-41-19-9-8-14-35(41)26-29-47(51)61(48)40-27-24-37(25-28-40)54-58-53(36-15-6-5-7-16-36)59-55(60-54)39-18-12-17-38(32-39)42-21-13-23-50-52(42)43-20-10-11-22-49(43)62-50/h5-29,32-34H,30-31H2,1-4H3. The Labute approximate surface area is 360 Å². The van der Waals surface area contributed by atoms with Crippen LogP contribution in [0.5, 0.6) is 0 Å². The Kier molecular flexibility index (Phi) is 7.98. The van der Waals surface area contributed by atoms with E-state index in [-0.39, 0.29) is 10.8 Å². The zero-order chi connectivity index (χ0) is 41.7. The number of nitrogens with zero attached hydrogens (tertiary/aromatic N) is 4. The molecular formula is C57H44N4O. The number of fused-ring (bicyclic) bond motifs is 9. The molecule has 11 aromatic rings. The number of hydrogen-bond donors (Lipinski definition) is 0.